The number of ether oxygens (including phenoxy) is 1. The summed E-state index contributed by atoms with van der Waals surface area (Å²) in [7, 11) is 0. The average Bonchev–Trinajstić information content (AvgIpc) is 3.12. The first-order valence-electron chi connectivity index (χ1n) is 8.49. The van der Waals surface area contributed by atoms with Crippen molar-refractivity contribution < 1.29 is 23.8 Å². The van der Waals surface area contributed by atoms with Crippen LogP contribution in [0.4, 0.5) is 11.6 Å². The lowest BCUT2D eigenvalue weighted by molar-refractivity contribution is -0.384. The van der Waals surface area contributed by atoms with Crippen LogP contribution < -0.4 is 5.32 Å². The van der Waals surface area contributed by atoms with Gasteiger partial charge in [-0.25, -0.2) is 4.79 Å². The molecule has 11 heteroatoms. The Balaban J connectivity index is 2.01. The van der Waals surface area contributed by atoms with E-state index in [2.05, 4.69) is 10.5 Å². The molecule has 0 saturated carbocycles. The quantitative estimate of drug-likeness (QED) is 0.319. The van der Waals surface area contributed by atoms with Crippen LogP contribution in [0.25, 0.3) is 11.3 Å². The number of hydrogen-bond acceptors (Lipinski definition) is 7. The number of nitrogens with zero attached hydrogens (tertiary/aromatic N) is 2. The molecular weight excluding hydrogens is 437 g/mol. The third-order valence-electron chi connectivity index (χ3n) is 3.92. The lowest BCUT2D eigenvalue weighted by Crippen LogP contribution is -2.16. The highest BCUT2D eigenvalue weighted by atomic mass is 35.5. The third-order valence-corrected chi connectivity index (χ3v) is 4.50. The number of benzene rings is 2. The van der Waals surface area contributed by atoms with E-state index in [4.69, 9.17) is 32.5 Å². The summed E-state index contributed by atoms with van der Waals surface area (Å²) in [4.78, 5) is 35.5. The Morgan fingerprint density at radius 2 is 1.90 bits per heavy atom. The summed E-state index contributed by atoms with van der Waals surface area (Å²) in [6, 6.07) is 9.83. The Morgan fingerprint density at radius 1 is 1.20 bits per heavy atom. The SMILES string of the molecule is CCOC(=O)c1c(-c2ccc(Cl)cc2)noc1NC(=O)c1cc([N+](=O)[O-])ccc1Cl. The van der Waals surface area contributed by atoms with E-state index in [1.807, 2.05) is 0 Å². The molecule has 1 amide bonds. The van der Waals surface area contributed by atoms with Gasteiger partial charge in [0.15, 0.2) is 5.56 Å². The highest BCUT2D eigenvalue weighted by molar-refractivity contribution is 6.34. The van der Waals surface area contributed by atoms with Crippen molar-refractivity contribution >= 4 is 46.6 Å². The van der Waals surface area contributed by atoms with E-state index in [0.717, 1.165) is 12.1 Å². The fraction of sp³-hybridized carbons (Fsp3) is 0.105. The molecule has 1 N–H and O–H groups in total. The zero-order valence-corrected chi connectivity index (χ0v) is 16.9. The number of esters is 1. The minimum atomic E-state index is -0.826. The van der Waals surface area contributed by atoms with Crippen molar-refractivity contribution in [2.24, 2.45) is 0 Å². The Hall–Kier alpha value is -3.43. The summed E-state index contributed by atoms with van der Waals surface area (Å²) in [5.74, 6) is -1.89. The number of carbonyl (C=O) groups is 2. The van der Waals surface area contributed by atoms with Crippen molar-refractivity contribution in [1.82, 2.24) is 5.16 Å². The first-order chi connectivity index (χ1) is 14.3. The minimum Gasteiger partial charge on any atom is -0.462 e. The lowest BCUT2D eigenvalue weighted by Gasteiger charge is -2.07. The van der Waals surface area contributed by atoms with Gasteiger partial charge in [-0.2, -0.15) is 0 Å². The van der Waals surface area contributed by atoms with Crippen LogP contribution in [-0.4, -0.2) is 28.6 Å². The normalized spacial score (nSPS) is 10.5. The highest BCUT2D eigenvalue weighted by Gasteiger charge is 2.28. The van der Waals surface area contributed by atoms with Crippen LogP contribution in [0.2, 0.25) is 10.0 Å². The highest BCUT2D eigenvalue weighted by Crippen LogP contribution is 2.31. The molecule has 0 saturated heterocycles. The minimum absolute atomic E-state index is 0.0202. The summed E-state index contributed by atoms with van der Waals surface area (Å²) >= 11 is 11.9. The summed E-state index contributed by atoms with van der Waals surface area (Å²) in [6.45, 7) is 1.70. The molecule has 0 aliphatic rings. The van der Waals surface area contributed by atoms with Gasteiger partial charge in [0.05, 0.1) is 22.1 Å². The number of nitro benzene ring substituents is 1. The standard InChI is InChI=1S/C19H13Cl2N3O6/c1-2-29-19(26)15-16(10-3-5-11(20)6-4-10)23-30-18(15)22-17(25)13-9-12(24(27)28)7-8-14(13)21/h3-9H,2H2,1H3,(H,22,25). The molecule has 3 aromatic rings. The maximum Gasteiger partial charge on any atom is 0.346 e. The zero-order chi connectivity index (χ0) is 21.8. The lowest BCUT2D eigenvalue weighted by atomic mass is 10.1. The maximum absolute atomic E-state index is 12.7. The van der Waals surface area contributed by atoms with E-state index in [1.165, 1.54) is 6.07 Å². The Kier molecular flexibility index (Phi) is 6.34. The molecule has 0 spiro atoms. The van der Waals surface area contributed by atoms with Gasteiger partial charge in [-0.3, -0.25) is 20.2 Å². The maximum atomic E-state index is 12.7. The van der Waals surface area contributed by atoms with Crippen molar-refractivity contribution in [1.29, 1.82) is 0 Å². The van der Waals surface area contributed by atoms with Crippen molar-refractivity contribution in [3.63, 3.8) is 0 Å². The van der Waals surface area contributed by atoms with E-state index in [9.17, 15) is 19.7 Å². The zero-order valence-electron chi connectivity index (χ0n) is 15.3. The van der Waals surface area contributed by atoms with Gasteiger partial charge in [0, 0.05) is 22.7 Å². The van der Waals surface area contributed by atoms with Gasteiger partial charge < -0.3 is 9.26 Å². The smallest absolute Gasteiger partial charge is 0.346 e. The third kappa shape index (κ3) is 4.42. The van der Waals surface area contributed by atoms with Crippen molar-refractivity contribution in [3.8, 4) is 11.3 Å². The topological polar surface area (TPSA) is 125 Å². The number of rotatable bonds is 6. The van der Waals surface area contributed by atoms with Gasteiger partial charge in [-0.05, 0) is 25.1 Å². The summed E-state index contributed by atoms with van der Waals surface area (Å²) in [5, 5.41) is 17.7. The van der Waals surface area contributed by atoms with Crippen molar-refractivity contribution in [2.75, 3.05) is 11.9 Å². The Labute approximate surface area is 179 Å². The van der Waals surface area contributed by atoms with Crippen LogP contribution in [0.15, 0.2) is 47.0 Å². The molecule has 2 aromatic carbocycles. The van der Waals surface area contributed by atoms with E-state index in [-0.39, 0.29) is 40.0 Å². The first kappa shape index (κ1) is 21.3. The van der Waals surface area contributed by atoms with Crippen LogP contribution >= 0.6 is 23.2 Å². The van der Waals surface area contributed by atoms with Gasteiger partial charge >= 0.3 is 5.97 Å². The molecule has 30 heavy (non-hydrogen) atoms. The van der Waals surface area contributed by atoms with Gasteiger partial charge in [0.25, 0.3) is 11.6 Å². The molecule has 0 bridgehead atoms. The van der Waals surface area contributed by atoms with Crippen LogP contribution in [0.1, 0.15) is 27.6 Å². The fourth-order valence-corrected chi connectivity index (χ4v) is 2.87. The molecule has 0 atom stereocenters. The van der Waals surface area contributed by atoms with Crippen LogP contribution in [0, 0.1) is 10.1 Å². The van der Waals surface area contributed by atoms with Gasteiger partial charge in [-0.1, -0.05) is 40.5 Å². The molecule has 0 aliphatic heterocycles. The van der Waals surface area contributed by atoms with Gasteiger partial charge in [0.2, 0.25) is 5.88 Å². The number of amides is 1. The van der Waals surface area contributed by atoms with Crippen LogP contribution in [0.5, 0.6) is 0 Å². The molecule has 0 unspecified atom stereocenters. The second-order valence-electron chi connectivity index (χ2n) is 5.84. The molecule has 1 aromatic heterocycles. The predicted molar refractivity (Wildman–Crippen MR) is 109 cm³/mol. The number of carbonyl (C=O) groups excluding carboxylic acids is 2. The number of aromatic nitrogens is 1. The van der Waals surface area contributed by atoms with Gasteiger partial charge in [-0.15, -0.1) is 0 Å². The van der Waals surface area contributed by atoms with Gasteiger partial charge in [0.1, 0.15) is 5.69 Å². The largest absolute Gasteiger partial charge is 0.462 e. The number of non-ortho nitro benzene ring substituents is 1. The van der Waals surface area contributed by atoms with Crippen LogP contribution in [-0.2, 0) is 4.74 Å². The van der Waals surface area contributed by atoms with E-state index in [0.29, 0.717) is 10.6 Å². The number of nitrogens with one attached hydrogen (secondary N) is 1. The Bertz CT molecular complexity index is 1130. The van der Waals surface area contributed by atoms with Crippen LogP contribution in [0.3, 0.4) is 0 Å². The summed E-state index contributed by atoms with van der Waals surface area (Å²) in [6.07, 6.45) is 0. The molecule has 0 fully saturated rings. The van der Waals surface area contributed by atoms with Crippen molar-refractivity contribution in [3.05, 3.63) is 73.8 Å². The molecule has 154 valence electrons. The van der Waals surface area contributed by atoms with E-state index < -0.39 is 16.8 Å². The van der Waals surface area contributed by atoms with E-state index in [1.54, 1.807) is 31.2 Å². The average molecular weight is 450 g/mol. The fourth-order valence-electron chi connectivity index (χ4n) is 2.54. The number of hydrogen-bond donors (Lipinski definition) is 1. The molecule has 1 heterocycles. The number of anilines is 1. The predicted octanol–water partition coefficient (Wildman–Crippen LogP) is 4.99. The molecule has 0 radical (unpaired) electrons. The van der Waals surface area contributed by atoms with Crippen molar-refractivity contribution in [2.45, 2.75) is 6.92 Å². The number of nitro groups is 1. The monoisotopic (exact) mass is 449 g/mol. The molecule has 0 aliphatic carbocycles. The molecular formula is C19H13Cl2N3O6. The Morgan fingerprint density at radius 3 is 2.53 bits per heavy atom. The molecule has 3 rings (SSSR count). The second kappa shape index (κ2) is 8.93. The summed E-state index contributed by atoms with van der Waals surface area (Å²) < 4.78 is 10.2. The molecule has 9 nitrogen and oxygen atoms in total. The van der Waals surface area contributed by atoms with E-state index >= 15 is 0 Å². The number of halogens is 2. The first-order valence-corrected chi connectivity index (χ1v) is 9.25. The summed E-state index contributed by atoms with van der Waals surface area (Å²) in [5.41, 5.74) is 0.0134. The second-order valence-corrected chi connectivity index (χ2v) is 6.68.